The predicted octanol–water partition coefficient (Wildman–Crippen LogP) is 2.64. The van der Waals surface area contributed by atoms with E-state index in [2.05, 4.69) is 19.2 Å². The maximum absolute atomic E-state index is 9.55. The molecule has 80 valence electrons. The van der Waals surface area contributed by atoms with Crippen molar-refractivity contribution in [2.75, 3.05) is 0 Å². The van der Waals surface area contributed by atoms with E-state index < -0.39 is 0 Å². The van der Waals surface area contributed by atoms with Crippen LogP contribution in [0.3, 0.4) is 0 Å². The van der Waals surface area contributed by atoms with E-state index in [1.54, 1.807) is 12.3 Å². The topological polar surface area (TPSA) is 45.4 Å². The van der Waals surface area contributed by atoms with Crippen molar-refractivity contribution >= 4 is 11.0 Å². The third-order valence-corrected chi connectivity index (χ3v) is 2.36. The molecule has 3 heteroatoms. The largest absolute Gasteiger partial charge is 0.504 e. The Kier molecular flexibility index (Phi) is 2.64. The van der Waals surface area contributed by atoms with Gasteiger partial charge < -0.3 is 14.8 Å². The number of phenols is 1. The van der Waals surface area contributed by atoms with Crippen LogP contribution in [-0.2, 0) is 6.54 Å². The number of nitrogens with one attached hydrogen (secondary N) is 1. The zero-order valence-corrected chi connectivity index (χ0v) is 8.95. The third kappa shape index (κ3) is 1.97. The van der Waals surface area contributed by atoms with Crippen LogP contribution in [0.2, 0.25) is 0 Å². The van der Waals surface area contributed by atoms with E-state index in [4.69, 9.17) is 4.42 Å². The minimum Gasteiger partial charge on any atom is -0.504 e. The van der Waals surface area contributed by atoms with E-state index >= 15 is 0 Å². The van der Waals surface area contributed by atoms with E-state index in [1.807, 2.05) is 12.1 Å². The molecule has 3 nitrogen and oxygen atoms in total. The highest BCUT2D eigenvalue weighted by Gasteiger charge is 2.08. The van der Waals surface area contributed by atoms with Gasteiger partial charge in [-0.1, -0.05) is 26.0 Å². The molecule has 1 aromatic heterocycles. The Morgan fingerprint density at radius 1 is 1.40 bits per heavy atom. The molecule has 0 radical (unpaired) electrons. The number of para-hydroxylation sites is 1. The zero-order chi connectivity index (χ0) is 10.8. The van der Waals surface area contributed by atoms with E-state index in [9.17, 15) is 5.11 Å². The fourth-order valence-corrected chi connectivity index (χ4v) is 1.55. The van der Waals surface area contributed by atoms with Crippen LogP contribution in [0.25, 0.3) is 11.0 Å². The van der Waals surface area contributed by atoms with E-state index in [-0.39, 0.29) is 5.75 Å². The molecule has 0 aliphatic rings. The molecule has 0 fully saturated rings. The van der Waals surface area contributed by atoms with E-state index in [1.165, 1.54) is 0 Å². The van der Waals surface area contributed by atoms with Gasteiger partial charge in [0.25, 0.3) is 0 Å². The van der Waals surface area contributed by atoms with Crippen LogP contribution < -0.4 is 5.32 Å². The van der Waals surface area contributed by atoms with Gasteiger partial charge in [0, 0.05) is 23.5 Å². The van der Waals surface area contributed by atoms with Crippen molar-refractivity contribution in [3.63, 3.8) is 0 Å². The summed E-state index contributed by atoms with van der Waals surface area (Å²) in [5.41, 5.74) is 1.65. The summed E-state index contributed by atoms with van der Waals surface area (Å²) in [4.78, 5) is 0. The average Bonchev–Trinajstić information content (AvgIpc) is 2.59. The molecule has 0 amide bonds. The molecule has 2 N–H and O–H groups in total. The highest BCUT2D eigenvalue weighted by atomic mass is 16.3. The summed E-state index contributed by atoms with van der Waals surface area (Å²) in [5.74, 6) is 0.197. The van der Waals surface area contributed by atoms with Crippen molar-refractivity contribution in [1.29, 1.82) is 0 Å². The van der Waals surface area contributed by atoms with Crippen molar-refractivity contribution in [3.8, 4) is 5.75 Å². The second-order valence-corrected chi connectivity index (χ2v) is 3.95. The SMILES string of the molecule is CC(C)NCc1coc2c(O)cccc12. The summed E-state index contributed by atoms with van der Waals surface area (Å²) < 4.78 is 5.32. The van der Waals surface area contributed by atoms with Gasteiger partial charge in [-0.15, -0.1) is 0 Å². The normalized spacial score (nSPS) is 11.4. The van der Waals surface area contributed by atoms with Crippen molar-refractivity contribution in [2.24, 2.45) is 0 Å². The highest BCUT2D eigenvalue weighted by Crippen LogP contribution is 2.28. The second kappa shape index (κ2) is 3.95. The van der Waals surface area contributed by atoms with Gasteiger partial charge in [-0.3, -0.25) is 0 Å². The number of rotatable bonds is 3. The quantitative estimate of drug-likeness (QED) is 0.809. The van der Waals surface area contributed by atoms with Gasteiger partial charge in [-0.25, -0.2) is 0 Å². The Hall–Kier alpha value is -1.48. The van der Waals surface area contributed by atoms with Gasteiger partial charge in [-0.05, 0) is 6.07 Å². The molecule has 0 atom stereocenters. The van der Waals surface area contributed by atoms with Gasteiger partial charge in [0.15, 0.2) is 11.3 Å². The van der Waals surface area contributed by atoms with Crippen molar-refractivity contribution in [1.82, 2.24) is 5.32 Å². The lowest BCUT2D eigenvalue weighted by Crippen LogP contribution is -2.21. The van der Waals surface area contributed by atoms with Crippen LogP contribution >= 0.6 is 0 Å². The monoisotopic (exact) mass is 205 g/mol. The van der Waals surface area contributed by atoms with E-state index in [0.717, 1.165) is 17.5 Å². The molecule has 0 saturated carbocycles. The Bertz CT molecular complexity index is 460. The maximum Gasteiger partial charge on any atom is 0.175 e. The number of aromatic hydroxyl groups is 1. The summed E-state index contributed by atoms with van der Waals surface area (Å²) in [7, 11) is 0. The summed E-state index contributed by atoms with van der Waals surface area (Å²) in [6.45, 7) is 4.95. The molecule has 0 unspecified atom stereocenters. The lowest BCUT2D eigenvalue weighted by Gasteiger charge is -2.05. The van der Waals surface area contributed by atoms with Crippen LogP contribution in [0, 0.1) is 0 Å². The molecule has 0 aliphatic heterocycles. The number of fused-ring (bicyclic) bond motifs is 1. The van der Waals surface area contributed by atoms with Gasteiger partial charge in [0.05, 0.1) is 6.26 Å². The molecule has 1 aromatic carbocycles. The highest BCUT2D eigenvalue weighted by molar-refractivity contribution is 5.85. The third-order valence-electron chi connectivity index (χ3n) is 2.36. The van der Waals surface area contributed by atoms with Crippen LogP contribution in [0.1, 0.15) is 19.4 Å². The van der Waals surface area contributed by atoms with Crippen LogP contribution in [0.4, 0.5) is 0 Å². The molecule has 0 aliphatic carbocycles. The minimum absolute atomic E-state index is 0.197. The molecule has 2 rings (SSSR count). The van der Waals surface area contributed by atoms with Crippen molar-refractivity contribution < 1.29 is 9.52 Å². The molecular formula is C12H15NO2. The predicted molar refractivity (Wildman–Crippen MR) is 59.9 cm³/mol. The first kappa shape index (κ1) is 10.1. The second-order valence-electron chi connectivity index (χ2n) is 3.95. The molecular weight excluding hydrogens is 190 g/mol. The number of hydrogen-bond acceptors (Lipinski definition) is 3. The molecule has 15 heavy (non-hydrogen) atoms. The fraction of sp³-hybridized carbons (Fsp3) is 0.333. The van der Waals surface area contributed by atoms with Crippen LogP contribution in [0.15, 0.2) is 28.9 Å². The number of hydrogen-bond donors (Lipinski definition) is 2. The molecule has 1 heterocycles. The summed E-state index contributed by atoms with van der Waals surface area (Å²) >= 11 is 0. The molecule has 0 saturated heterocycles. The lowest BCUT2D eigenvalue weighted by atomic mass is 10.1. The summed E-state index contributed by atoms with van der Waals surface area (Å²) in [5, 5.41) is 13.8. The van der Waals surface area contributed by atoms with Crippen LogP contribution in [-0.4, -0.2) is 11.1 Å². The first-order valence-electron chi connectivity index (χ1n) is 5.10. The fourth-order valence-electron chi connectivity index (χ4n) is 1.55. The molecule has 0 spiro atoms. The standard InChI is InChI=1S/C12H15NO2/c1-8(2)13-6-9-7-15-12-10(9)4-3-5-11(12)14/h3-5,7-8,13-14H,6H2,1-2H3. The van der Waals surface area contributed by atoms with Crippen molar-refractivity contribution in [2.45, 2.75) is 26.4 Å². The Labute approximate surface area is 88.7 Å². The first-order valence-corrected chi connectivity index (χ1v) is 5.10. The number of furan rings is 1. The minimum atomic E-state index is 0.197. The Morgan fingerprint density at radius 2 is 2.20 bits per heavy atom. The smallest absolute Gasteiger partial charge is 0.175 e. The van der Waals surface area contributed by atoms with Gasteiger partial charge in [-0.2, -0.15) is 0 Å². The van der Waals surface area contributed by atoms with Gasteiger partial charge in [0.2, 0.25) is 0 Å². The molecule has 0 bridgehead atoms. The lowest BCUT2D eigenvalue weighted by molar-refractivity contribution is 0.464. The first-order chi connectivity index (χ1) is 7.18. The average molecular weight is 205 g/mol. The summed E-state index contributed by atoms with van der Waals surface area (Å²) in [6, 6.07) is 5.85. The summed E-state index contributed by atoms with van der Waals surface area (Å²) in [6.07, 6.45) is 1.69. The Balaban J connectivity index is 2.33. The van der Waals surface area contributed by atoms with E-state index in [0.29, 0.717) is 11.6 Å². The zero-order valence-electron chi connectivity index (χ0n) is 8.95. The molecule has 2 aromatic rings. The maximum atomic E-state index is 9.55. The number of benzene rings is 1. The van der Waals surface area contributed by atoms with Crippen molar-refractivity contribution in [3.05, 3.63) is 30.0 Å². The van der Waals surface area contributed by atoms with Crippen LogP contribution in [0.5, 0.6) is 5.75 Å². The number of phenolic OH excluding ortho intramolecular Hbond substituents is 1. The van der Waals surface area contributed by atoms with Gasteiger partial charge >= 0.3 is 0 Å². The van der Waals surface area contributed by atoms with Gasteiger partial charge in [0.1, 0.15) is 0 Å². The Morgan fingerprint density at radius 3 is 2.93 bits per heavy atom.